The van der Waals surface area contributed by atoms with Crippen molar-refractivity contribution in [2.45, 2.75) is 103 Å². The normalized spacial score (nSPS) is 15.9. The topological polar surface area (TPSA) is 46.6 Å². The van der Waals surface area contributed by atoms with E-state index in [9.17, 15) is 9.59 Å². The fourth-order valence-electron chi connectivity index (χ4n) is 3.73. The predicted molar refractivity (Wildman–Crippen MR) is 127 cm³/mol. The maximum atomic E-state index is 15.6. The van der Waals surface area contributed by atoms with E-state index in [1.807, 2.05) is 33.9 Å². The molecule has 4 nitrogen and oxygen atoms in total. The summed E-state index contributed by atoms with van der Waals surface area (Å²) >= 11 is 0. The number of alkyl halides is 2. The minimum absolute atomic E-state index is 0.0749. The lowest BCUT2D eigenvalue weighted by Crippen LogP contribution is -2.54. The van der Waals surface area contributed by atoms with Gasteiger partial charge in [0.25, 0.3) is 17.7 Å². The molecule has 1 aromatic carbocycles. The lowest BCUT2D eigenvalue weighted by Gasteiger charge is -2.39. The fourth-order valence-corrected chi connectivity index (χ4v) is 4.71. The Balaban J connectivity index is 2.22. The number of carbonyl (C=O) groups excluding carboxylic acids is 2. The molecule has 1 aliphatic heterocycles. The Labute approximate surface area is 192 Å². The first-order chi connectivity index (χ1) is 14.8. The number of halogens is 2. The number of benzene rings is 1. The van der Waals surface area contributed by atoms with Crippen LogP contribution in [0.1, 0.15) is 93.4 Å². The molecule has 0 fully saturated rings. The first-order valence-electron chi connectivity index (χ1n) is 11.8. The van der Waals surface area contributed by atoms with Crippen LogP contribution >= 0.6 is 0 Å². The lowest BCUT2D eigenvalue weighted by molar-refractivity contribution is -0.0977. The van der Waals surface area contributed by atoms with Crippen molar-refractivity contribution in [3.05, 3.63) is 35.4 Å². The highest BCUT2D eigenvalue weighted by atomic mass is 28.4. The number of nitrogens with zero attached hydrogens (tertiary/aromatic N) is 1. The van der Waals surface area contributed by atoms with Crippen LogP contribution in [0.15, 0.2) is 24.3 Å². The van der Waals surface area contributed by atoms with Crippen molar-refractivity contribution < 1.29 is 22.8 Å². The van der Waals surface area contributed by atoms with Gasteiger partial charge in [0, 0.05) is 0 Å². The van der Waals surface area contributed by atoms with Gasteiger partial charge in [0.1, 0.15) is 6.04 Å². The largest absolute Gasteiger partial charge is 0.411 e. The highest BCUT2D eigenvalue weighted by Gasteiger charge is 2.52. The van der Waals surface area contributed by atoms with Crippen LogP contribution in [0.5, 0.6) is 0 Å². The van der Waals surface area contributed by atoms with E-state index in [0.717, 1.165) is 37.0 Å². The molecule has 2 rings (SSSR count). The van der Waals surface area contributed by atoms with Crippen molar-refractivity contribution in [2.24, 2.45) is 0 Å². The van der Waals surface area contributed by atoms with Crippen molar-refractivity contribution in [1.29, 1.82) is 0 Å². The van der Waals surface area contributed by atoms with Crippen molar-refractivity contribution in [3.63, 3.8) is 0 Å². The number of unbranched alkanes of at least 4 members (excludes halogenated alkanes) is 5. The average molecular weight is 468 g/mol. The average Bonchev–Trinajstić information content (AvgIpc) is 2.96. The van der Waals surface area contributed by atoms with Crippen LogP contribution in [0, 0.1) is 0 Å². The Kier molecular flexibility index (Phi) is 8.79. The monoisotopic (exact) mass is 467 g/mol. The Morgan fingerprint density at radius 2 is 1.44 bits per heavy atom. The molecule has 180 valence electrons. The summed E-state index contributed by atoms with van der Waals surface area (Å²) in [7, 11) is -2.42. The molecule has 0 spiro atoms. The molecule has 0 saturated heterocycles. The van der Waals surface area contributed by atoms with E-state index in [1.165, 1.54) is 12.1 Å². The van der Waals surface area contributed by atoms with Crippen molar-refractivity contribution in [3.8, 4) is 0 Å². The highest BCUT2D eigenvalue weighted by Crippen LogP contribution is 2.39. The van der Waals surface area contributed by atoms with E-state index >= 15 is 8.78 Å². The summed E-state index contributed by atoms with van der Waals surface area (Å²) < 4.78 is 37.1. The summed E-state index contributed by atoms with van der Waals surface area (Å²) in [6.07, 6.45) is 5.69. The van der Waals surface area contributed by atoms with E-state index < -0.39 is 38.7 Å². The van der Waals surface area contributed by atoms with Gasteiger partial charge in [0.15, 0.2) is 8.32 Å². The van der Waals surface area contributed by atoms with Crippen molar-refractivity contribution in [2.75, 3.05) is 6.61 Å². The molecule has 0 aliphatic carbocycles. The molecule has 1 aliphatic rings. The van der Waals surface area contributed by atoms with E-state index in [1.54, 1.807) is 12.1 Å². The summed E-state index contributed by atoms with van der Waals surface area (Å²) in [4.78, 5) is 26.7. The number of hydrogen-bond donors (Lipinski definition) is 0. The zero-order valence-electron chi connectivity index (χ0n) is 20.5. The number of fused-ring (bicyclic) bond motifs is 1. The lowest BCUT2D eigenvalue weighted by atomic mass is 9.99. The molecule has 0 unspecified atom stereocenters. The first-order valence-corrected chi connectivity index (χ1v) is 14.7. The van der Waals surface area contributed by atoms with Gasteiger partial charge in [-0.1, -0.05) is 78.4 Å². The molecular weight excluding hydrogens is 428 g/mol. The molecule has 1 atom stereocenters. The second-order valence-electron chi connectivity index (χ2n) is 10.4. The highest BCUT2D eigenvalue weighted by molar-refractivity contribution is 6.74. The summed E-state index contributed by atoms with van der Waals surface area (Å²) in [6, 6.07) is 4.85. The zero-order valence-corrected chi connectivity index (χ0v) is 21.5. The Bertz CT molecular complexity index is 770. The molecule has 2 amide bonds. The SMILES string of the molecule is CCCCCCCC[C@@H](N1C(=O)c2ccccc2C1=O)C(F)(F)CO[Si](C)(C)C(C)(C)C. The molecule has 0 saturated carbocycles. The van der Waals surface area contributed by atoms with Crippen LogP contribution in [0.25, 0.3) is 0 Å². The van der Waals surface area contributed by atoms with Gasteiger partial charge < -0.3 is 4.43 Å². The molecule has 32 heavy (non-hydrogen) atoms. The van der Waals surface area contributed by atoms with Crippen LogP contribution in [0.4, 0.5) is 8.78 Å². The molecule has 0 radical (unpaired) electrons. The number of rotatable bonds is 12. The Hall–Kier alpha value is -1.60. The van der Waals surface area contributed by atoms with Gasteiger partial charge in [-0.25, -0.2) is 8.78 Å². The maximum absolute atomic E-state index is 15.6. The van der Waals surface area contributed by atoms with E-state index in [-0.39, 0.29) is 22.6 Å². The molecule has 1 heterocycles. The first kappa shape index (κ1) is 26.6. The summed E-state index contributed by atoms with van der Waals surface area (Å²) in [5.74, 6) is -4.59. The Morgan fingerprint density at radius 3 is 1.94 bits per heavy atom. The second-order valence-corrected chi connectivity index (χ2v) is 15.2. The van der Waals surface area contributed by atoms with Crippen LogP contribution in [0.2, 0.25) is 18.1 Å². The van der Waals surface area contributed by atoms with Crippen molar-refractivity contribution >= 4 is 20.1 Å². The van der Waals surface area contributed by atoms with Crippen LogP contribution < -0.4 is 0 Å². The second kappa shape index (κ2) is 10.6. The van der Waals surface area contributed by atoms with Gasteiger partial charge >= 0.3 is 0 Å². The fraction of sp³-hybridized carbons (Fsp3) is 0.680. The van der Waals surface area contributed by atoms with Crippen LogP contribution in [-0.2, 0) is 4.43 Å². The number of imide groups is 1. The molecule has 0 N–H and O–H groups in total. The maximum Gasteiger partial charge on any atom is 0.290 e. The molecule has 1 aromatic rings. The van der Waals surface area contributed by atoms with Gasteiger partial charge in [0.2, 0.25) is 0 Å². The van der Waals surface area contributed by atoms with Gasteiger partial charge in [0.05, 0.1) is 17.7 Å². The number of amides is 2. The summed E-state index contributed by atoms with van der Waals surface area (Å²) in [6.45, 7) is 11.2. The predicted octanol–water partition coefficient (Wildman–Crippen LogP) is 7.06. The molecule has 0 aromatic heterocycles. The molecular formula is C25H39F2NO3Si. The van der Waals surface area contributed by atoms with E-state index in [2.05, 4.69) is 6.92 Å². The minimum Gasteiger partial charge on any atom is -0.411 e. The van der Waals surface area contributed by atoms with Crippen LogP contribution in [0.3, 0.4) is 0 Å². The number of hydrogen-bond acceptors (Lipinski definition) is 3. The quantitative estimate of drug-likeness (QED) is 0.188. The minimum atomic E-state index is -3.33. The van der Waals surface area contributed by atoms with E-state index in [4.69, 9.17) is 4.43 Å². The standard InChI is InChI=1S/C25H39F2NO3Si/c1-7-8-9-10-11-12-17-21(25(26,27)18-31-32(5,6)24(2,3)4)28-22(29)19-15-13-14-16-20(19)23(28)30/h13-16,21H,7-12,17-18H2,1-6H3/t21-/m1/s1. The van der Waals surface area contributed by atoms with Gasteiger partial charge in [-0.2, -0.15) is 0 Å². The number of carbonyl (C=O) groups is 2. The third-order valence-electron chi connectivity index (χ3n) is 6.89. The van der Waals surface area contributed by atoms with Gasteiger partial charge in [-0.15, -0.1) is 0 Å². The summed E-state index contributed by atoms with van der Waals surface area (Å²) in [5, 5.41) is -0.215. The van der Waals surface area contributed by atoms with Gasteiger partial charge in [-0.05, 0) is 36.7 Å². The van der Waals surface area contributed by atoms with E-state index in [0.29, 0.717) is 6.42 Å². The Morgan fingerprint density at radius 1 is 0.938 bits per heavy atom. The zero-order chi connectivity index (χ0) is 24.2. The third-order valence-corrected chi connectivity index (χ3v) is 11.4. The summed E-state index contributed by atoms with van der Waals surface area (Å²) in [5.41, 5.74) is 0.401. The molecule has 0 bridgehead atoms. The van der Waals surface area contributed by atoms with Gasteiger partial charge in [-0.3, -0.25) is 14.5 Å². The van der Waals surface area contributed by atoms with Crippen molar-refractivity contribution in [1.82, 2.24) is 4.90 Å². The smallest absolute Gasteiger partial charge is 0.290 e. The van der Waals surface area contributed by atoms with Crippen LogP contribution in [-0.4, -0.2) is 43.6 Å². The molecule has 7 heteroatoms. The third kappa shape index (κ3) is 6.04.